The lowest BCUT2D eigenvalue weighted by Gasteiger charge is -2.11. The van der Waals surface area contributed by atoms with Gasteiger partial charge in [0.2, 0.25) is 5.16 Å². The predicted octanol–water partition coefficient (Wildman–Crippen LogP) is 3.08. The maximum absolute atomic E-state index is 12.4. The monoisotopic (exact) mass is 425 g/mol. The summed E-state index contributed by atoms with van der Waals surface area (Å²) in [6.07, 6.45) is 4.42. The first kappa shape index (κ1) is 20.6. The number of hydrogen-bond acceptors (Lipinski definition) is 10. The van der Waals surface area contributed by atoms with Crippen LogP contribution in [-0.4, -0.2) is 45.4 Å². The number of hydrogen-bond donors (Lipinski definition) is 1. The molecule has 1 fully saturated rings. The third kappa shape index (κ3) is 4.30. The Bertz CT molecular complexity index is 845. The number of tetrazole rings is 1. The quantitative estimate of drug-likeness (QED) is 0.502. The number of anilines is 1. The zero-order chi connectivity index (χ0) is 20.1. The van der Waals surface area contributed by atoms with Gasteiger partial charge in [-0.1, -0.05) is 24.6 Å². The topological polar surface area (TPSA) is 122 Å². The van der Waals surface area contributed by atoms with E-state index in [1.165, 1.54) is 11.8 Å². The van der Waals surface area contributed by atoms with Crippen molar-refractivity contribution in [1.29, 1.82) is 0 Å². The highest BCUT2D eigenvalue weighted by Crippen LogP contribution is 2.37. The lowest BCUT2D eigenvalue weighted by Crippen LogP contribution is -2.12. The van der Waals surface area contributed by atoms with Gasteiger partial charge >= 0.3 is 11.9 Å². The number of nitrogen functional groups attached to an aromatic ring is 1. The molecule has 152 valence electrons. The fourth-order valence-corrected chi connectivity index (χ4v) is 5.24. The van der Waals surface area contributed by atoms with Gasteiger partial charge in [-0.2, -0.15) is 0 Å². The fourth-order valence-electron chi connectivity index (χ4n) is 3.21. The minimum absolute atomic E-state index is 0.218. The molecule has 0 amide bonds. The van der Waals surface area contributed by atoms with E-state index in [4.69, 9.17) is 15.2 Å². The molecule has 0 spiro atoms. The molecule has 3 rings (SSSR count). The molecular weight excluding hydrogens is 402 g/mol. The summed E-state index contributed by atoms with van der Waals surface area (Å²) < 4.78 is 12.1. The maximum Gasteiger partial charge on any atom is 0.348 e. The van der Waals surface area contributed by atoms with Crippen molar-refractivity contribution in [2.45, 2.75) is 56.5 Å². The number of thioether (sulfide) groups is 1. The molecule has 0 aromatic carbocycles. The molecule has 0 bridgehead atoms. The Kier molecular flexibility index (Phi) is 6.89. The van der Waals surface area contributed by atoms with Gasteiger partial charge in [-0.15, -0.1) is 16.4 Å². The van der Waals surface area contributed by atoms with E-state index in [1.54, 1.807) is 13.8 Å². The Hall–Kier alpha value is -2.14. The number of ether oxygens (including phenoxy) is 2. The zero-order valence-corrected chi connectivity index (χ0v) is 17.5. The Balaban J connectivity index is 1.88. The smallest absolute Gasteiger partial charge is 0.348 e. The van der Waals surface area contributed by atoms with Crippen molar-refractivity contribution in [2.24, 2.45) is 0 Å². The van der Waals surface area contributed by atoms with Gasteiger partial charge in [0, 0.05) is 11.3 Å². The van der Waals surface area contributed by atoms with Crippen molar-refractivity contribution >= 4 is 40.0 Å². The lowest BCUT2D eigenvalue weighted by molar-refractivity contribution is 0.0527. The van der Waals surface area contributed by atoms with E-state index in [1.807, 2.05) is 4.68 Å². The molecule has 2 aromatic rings. The van der Waals surface area contributed by atoms with Crippen LogP contribution < -0.4 is 5.73 Å². The summed E-state index contributed by atoms with van der Waals surface area (Å²) in [7, 11) is 0. The average molecular weight is 426 g/mol. The Morgan fingerprint density at radius 2 is 1.89 bits per heavy atom. The number of nitrogens with two attached hydrogens (primary N) is 1. The first-order valence-corrected chi connectivity index (χ1v) is 11.0. The van der Waals surface area contributed by atoms with Gasteiger partial charge < -0.3 is 15.2 Å². The van der Waals surface area contributed by atoms with Crippen LogP contribution in [0.1, 0.15) is 71.2 Å². The largest absolute Gasteiger partial charge is 0.462 e. The van der Waals surface area contributed by atoms with Gasteiger partial charge in [-0.05, 0) is 37.1 Å². The summed E-state index contributed by atoms with van der Waals surface area (Å²) >= 11 is 2.41. The van der Waals surface area contributed by atoms with Gasteiger partial charge in [-0.3, -0.25) is 0 Å². The lowest BCUT2D eigenvalue weighted by atomic mass is 10.1. The normalized spacial score (nSPS) is 14.4. The maximum atomic E-state index is 12.4. The van der Waals surface area contributed by atoms with Crippen molar-refractivity contribution in [2.75, 3.05) is 18.9 Å². The number of rotatable bonds is 8. The van der Waals surface area contributed by atoms with Crippen molar-refractivity contribution in [3.05, 3.63) is 16.0 Å². The summed E-state index contributed by atoms with van der Waals surface area (Å²) in [5, 5.41) is 12.9. The number of nitrogens with zero attached hydrogens (tertiary/aromatic N) is 4. The first-order valence-electron chi connectivity index (χ1n) is 9.22. The summed E-state index contributed by atoms with van der Waals surface area (Å²) in [5.74, 6) is -0.734. The number of aromatic nitrogens is 4. The van der Waals surface area contributed by atoms with Crippen LogP contribution in [0.15, 0.2) is 5.16 Å². The minimum Gasteiger partial charge on any atom is -0.462 e. The summed E-state index contributed by atoms with van der Waals surface area (Å²) in [4.78, 5) is 25.1. The SMILES string of the molecule is CCOC(=O)c1sc(N)c(C(=O)OCC)c1CSc1nnnn1C1CCCC1. The predicted molar refractivity (Wildman–Crippen MR) is 106 cm³/mol. The molecule has 0 atom stereocenters. The first-order chi connectivity index (χ1) is 13.6. The molecular formula is C17H23N5O4S2. The Labute approximate surface area is 170 Å². The highest BCUT2D eigenvalue weighted by Gasteiger charge is 2.29. The fraction of sp³-hybridized carbons (Fsp3) is 0.588. The number of carbonyl (C=O) groups excluding carboxylic acids is 2. The van der Waals surface area contributed by atoms with Crippen LogP contribution in [0.25, 0.3) is 0 Å². The van der Waals surface area contributed by atoms with E-state index in [0.29, 0.717) is 27.4 Å². The van der Waals surface area contributed by atoms with Crippen molar-refractivity contribution in [3.8, 4) is 0 Å². The van der Waals surface area contributed by atoms with Crippen LogP contribution in [0.4, 0.5) is 5.00 Å². The summed E-state index contributed by atoms with van der Waals surface area (Å²) in [6.45, 7) is 3.90. The minimum atomic E-state index is -0.544. The van der Waals surface area contributed by atoms with Gasteiger partial charge in [0.25, 0.3) is 0 Å². The molecule has 2 N–H and O–H groups in total. The van der Waals surface area contributed by atoms with Crippen LogP contribution in [0.5, 0.6) is 0 Å². The molecule has 1 saturated carbocycles. The van der Waals surface area contributed by atoms with E-state index < -0.39 is 11.9 Å². The average Bonchev–Trinajstić information content (AvgIpc) is 3.39. The number of thiophene rings is 1. The molecule has 2 aromatic heterocycles. The van der Waals surface area contributed by atoms with Crippen LogP contribution >= 0.6 is 23.1 Å². The standard InChI is InChI=1S/C17H23N5O4S2/c1-3-25-15(23)12-11(13(28-14(12)18)16(24)26-4-2)9-27-17-19-20-21-22(17)10-7-5-6-8-10/h10H,3-9,18H2,1-2H3. The second kappa shape index (κ2) is 9.37. The van der Waals surface area contributed by atoms with Gasteiger partial charge in [0.15, 0.2) is 0 Å². The molecule has 2 heterocycles. The number of esters is 2. The molecule has 28 heavy (non-hydrogen) atoms. The molecule has 1 aliphatic rings. The molecule has 0 saturated heterocycles. The highest BCUT2D eigenvalue weighted by atomic mass is 32.2. The second-order valence-corrected chi connectivity index (χ2v) is 8.22. The third-order valence-corrected chi connectivity index (χ3v) is 6.45. The van der Waals surface area contributed by atoms with E-state index in [-0.39, 0.29) is 23.8 Å². The second-order valence-electron chi connectivity index (χ2n) is 6.22. The molecule has 0 radical (unpaired) electrons. The van der Waals surface area contributed by atoms with Gasteiger partial charge in [0.1, 0.15) is 9.88 Å². The molecule has 9 nitrogen and oxygen atoms in total. The Morgan fingerprint density at radius 1 is 1.21 bits per heavy atom. The summed E-state index contributed by atoms with van der Waals surface area (Å²) in [6, 6.07) is 0.291. The highest BCUT2D eigenvalue weighted by molar-refractivity contribution is 7.98. The zero-order valence-electron chi connectivity index (χ0n) is 15.8. The van der Waals surface area contributed by atoms with Crippen LogP contribution in [0.2, 0.25) is 0 Å². The van der Waals surface area contributed by atoms with Crippen molar-refractivity contribution in [1.82, 2.24) is 20.2 Å². The van der Waals surface area contributed by atoms with E-state index in [9.17, 15) is 9.59 Å². The van der Waals surface area contributed by atoms with Crippen LogP contribution in [0.3, 0.4) is 0 Å². The molecule has 11 heteroatoms. The molecule has 0 aliphatic heterocycles. The van der Waals surface area contributed by atoms with Gasteiger partial charge in [0.05, 0.1) is 24.8 Å². The molecule has 1 aliphatic carbocycles. The van der Waals surface area contributed by atoms with Crippen LogP contribution in [0, 0.1) is 0 Å². The van der Waals surface area contributed by atoms with Crippen LogP contribution in [-0.2, 0) is 15.2 Å². The van der Waals surface area contributed by atoms with Gasteiger partial charge in [-0.25, -0.2) is 14.3 Å². The van der Waals surface area contributed by atoms with E-state index >= 15 is 0 Å². The third-order valence-electron chi connectivity index (χ3n) is 4.45. The van der Waals surface area contributed by atoms with Crippen molar-refractivity contribution < 1.29 is 19.1 Å². The Morgan fingerprint density at radius 3 is 2.57 bits per heavy atom. The van der Waals surface area contributed by atoms with Crippen molar-refractivity contribution in [3.63, 3.8) is 0 Å². The number of carbonyl (C=O) groups is 2. The summed E-state index contributed by atoms with van der Waals surface area (Å²) in [5.41, 5.74) is 6.77. The van der Waals surface area contributed by atoms with E-state index in [2.05, 4.69) is 15.5 Å². The van der Waals surface area contributed by atoms with E-state index in [0.717, 1.165) is 37.0 Å². The molecule has 0 unspecified atom stereocenters.